The number of methoxy groups -OCH3 is 1. The van der Waals surface area contributed by atoms with Gasteiger partial charge in [0.05, 0.1) is 35.3 Å². The third-order valence-corrected chi connectivity index (χ3v) is 6.06. The number of hydrogen-bond donors (Lipinski definition) is 0. The summed E-state index contributed by atoms with van der Waals surface area (Å²) >= 11 is 1.30. The molecule has 0 saturated heterocycles. The fourth-order valence-corrected chi connectivity index (χ4v) is 4.39. The largest absolute Gasteiger partial charge is 0.496 e. The minimum atomic E-state index is -0.351. The van der Waals surface area contributed by atoms with E-state index >= 15 is 0 Å². The van der Waals surface area contributed by atoms with Gasteiger partial charge >= 0.3 is 0 Å². The highest BCUT2D eigenvalue weighted by Crippen LogP contribution is 2.42. The molecule has 0 radical (unpaired) electrons. The van der Waals surface area contributed by atoms with Gasteiger partial charge in [-0.1, -0.05) is 37.3 Å². The molecule has 1 aromatic heterocycles. The molecule has 30 heavy (non-hydrogen) atoms. The van der Waals surface area contributed by atoms with Crippen molar-refractivity contribution in [1.29, 1.82) is 0 Å². The Hall–Kier alpha value is -3.25. The summed E-state index contributed by atoms with van der Waals surface area (Å²) in [6.07, 6.45) is 2.48. The average molecular weight is 420 g/mol. The van der Waals surface area contributed by atoms with Crippen molar-refractivity contribution in [1.82, 2.24) is 0 Å². The maximum Gasteiger partial charge on any atom is 0.272 e. The lowest BCUT2D eigenvalue weighted by molar-refractivity contribution is -0.119. The number of nitrogens with zero attached hydrogens (tertiary/aromatic N) is 1. The minimum Gasteiger partial charge on any atom is -0.496 e. The van der Waals surface area contributed by atoms with E-state index in [1.807, 2.05) is 42.5 Å². The molecule has 5 nitrogen and oxygen atoms in total. The van der Waals surface area contributed by atoms with Crippen LogP contribution in [0.5, 0.6) is 5.75 Å². The van der Waals surface area contributed by atoms with Gasteiger partial charge in [0.1, 0.15) is 11.5 Å². The number of para-hydroxylation sites is 1. The number of benzene rings is 2. The minimum absolute atomic E-state index is 0.332. The Balaban J connectivity index is 1.77. The maximum absolute atomic E-state index is 13.5. The molecule has 6 heteroatoms. The lowest BCUT2D eigenvalue weighted by atomic mass is 10.0. The maximum atomic E-state index is 13.5. The van der Waals surface area contributed by atoms with Gasteiger partial charge < -0.3 is 9.15 Å². The van der Waals surface area contributed by atoms with Crippen LogP contribution in [0.15, 0.2) is 76.2 Å². The highest BCUT2D eigenvalue weighted by molar-refractivity contribution is 8.03. The monoisotopic (exact) mass is 419 g/mol. The predicted molar refractivity (Wildman–Crippen MR) is 118 cm³/mol. The lowest BCUT2D eigenvalue weighted by Crippen LogP contribution is -2.31. The second-order valence-electron chi connectivity index (χ2n) is 6.74. The molecule has 2 heterocycles. The van der Waals surface area contributed by atoms with Crippen LogP contribution in [0.1, 0.15) is 23.8 Å². The molecule has 3 aromatic rings. The summed E-state index contributed by atoms with van der Waals surface area (Å²) in [6, 6.07) is 18.4. The van der Waals surface area contributed by atoms with Crippen molar-refractivity contribution in [2.75, 3.05) is 12.0 Å². The molecule has 0 bridgehead atoms. The second kappa shape index (κ2) is 8.63. The molecule has 4 rings (SSSR count). The molecule has 0 N–H and O–H groups in total. The van der Waals surface area contributed by atoms with Crippen LogP contribution in [0.2, 0.25) is 0 Å². The van der Waals surface area contributed by atoms with Crippen LogP contribution < -0.4 is 9.64 Å². The number of carbonyl (C=O) groups excluding carboxylic acids is 2. The van der Waals surface area contributed by atoms with Gasteiger partial charge in [-0.3, -0.25) is 9.59 Å². The van der Waals surface area contributed by atoms with E-state index in [4.69, 9.17) is 9.15 Å². The van der Waals surface area contributed by atoms with Crippen LogP contribution in [-0.2, 0) is 21.8 Å². The zero-order valence-electron chi connectivity index (χ0n) is 16.8. The van der Waals surface area contributed by atoms with E-state index < -0.39 is 0 Å². The second-order valence-corrected chi connectivity index (χ2v) is 7.72. The van der Waals surface area contributed by atoms with Crippen LogP contribution in [0.25, 0.3) is 5.57 Å². The number of imide groups is 1. The molecule has 0 spiro atoms. The number of rotatable bonds is 7. The Kier molecular flexibility index (Phi) is 5.77. The normalized spacial score (nSPS) is 14.0. The van der Waals surface area contributed by atoms with Gasteiger partial charge in [0.15, 0.2) is 0 Å². The van der Waals surface area contributed by atoms with Crippen LogP contribution in [-0.4, -0.2) is 18.9 Å². The standard InChI is InChI=1S/C24H21NO4S/c1-3-16-10-12-17(13-11-16)25-23(26)21(19-8-4-5-9-20(19)28-2)22(24(25)27)30-15-18-7-6-14-29-18/h4-14H,3,15H2,1-2H3. The van der Waals surface area contributed by atoms with E-state index in [0.717, 1.165) is 17.7 Å². The summed E-state index contributed by atoms with van der Waals surface area (Å²) in [5.74, 6) is 1.05. The van der Waals surface area contributed by atoms with Gasteiger partial charge in [-0.25, -0.2) is 4.90 Å². The molecule has 0 atom stereocenters. The molecular weight excluding hydrogens is 398 g/mol. The van der Waals surface area contributed by atoms with E-state index in [-0.39, 0.29) is 11.8 Å². The first-order valence-corrected chi connectivity index (χ1v) is 10.6. The number of furan rings is 1. The van der Waals surface area contributed by atoms with Gasteiger partial charge in [-0.05, 0) is 42.3 Å². The van der Waals surface area contributed by atoms with Crippen molar-refractivity contribution in [3.8, 4) is 5.75 Å². The van der Waals surface area contributed by atoms with Crippen molar-refractivity contribution in [3.63, 3.8) is 0 Å². The van der Waals surface area contributed by atoms with E-state index in [2.05, 4.69) is 6.92 Å². The highest BCUT2D eigenvalue weighted by atomic mass is 32.2. The predicted octanol–water partition coefficient (Wildman–Crippen LogP) is 5.07. The molecule has 0 saturated carbocycles. The Bertz CT molecular complexity index is 1100. The lowest BCUT2D eigenvalue weighted by Gasteiger charge is -2.16. The number of hydrogen-bond acceptors (Lipinski definition) is 5. The molecule has 0 aliphatic carbocycles. The van der Waals surface area contributed by atoms with Gasteiger partial charge in [0.25, 0.3) is 11.8 Å². The Morgan fingerprint density at radius 2 is 1.73 bits per heavy atom. The van der Waals surface area contributed by atoms with Crippen LogP contribution >= 0.6 is 11.8 Å². The fraction of sp³-hybridized carbons (Fsp3) is 0.167. The summed E-state index contributed by atoms with van der Waals surface area (Å²) in [5.41, 5.74) is 2.66. The SMILES string of the molecule is CCc1ccc(N2C(=O)C(SCc3ccco3)=C(c3ccccc3OC)C2=O)cc1. The Morgan fingerprint density at radius 3 is 2.40 bits per heavy atom. The molecule has 0 fully saturated rings. The summed E-state index contributed by atoms with van der Waals surface area (Å²) in [4.78, 5) is 28.5. The van der Waals surface area contributed by atoms with Crippen molar-refractivity contribution in [3.05, 3.63) is 88.7 Å². The summed E-state index contributed by atoms with van der Waals surface area (Å²) < 4.78 is 10.9. The first-order valence-electron chi connectivity index (χ1n) is 9.64. The molecular formula is C24H21NO4S. The van der Waals surface area contributed by atoms with E-state index in [9.17, 15) is 9.59 Å². The average Bonchev–Trinajstić information content (AvgIpc) is 3.38. The van der Waals surface area contributed by atoms with Crippen molar-refractivity contribution in [2.24, 2.45) is 0 Å². The highest BCUT2D eigenvalue weighted by Gasteiger charge is 2.41. The molecule has 152 valence electrons. The number of thioether (sulfide) groups is 1. The van der Waals surface area contributed by atoms with Gasteiger partial charge in [0, 0.05) is 5.56 Å². The Morgan fingerprint density at radius 1 is 0.967 bits per heavy atom. The smallest absolute Gasteiger partial charge is 0.272 e. The van der Waals surface area contributed by atoms with E-state index in [1.165, 1.54) is 16.7 Å². The zero-order chi connectivity index (χ0) is 21.1. The molecule has 2 amide bonds. The molecule has 0 unspecified atom stereocenters. The van der Waals surface area contributed by atoms with Crippen LogP contribution in [0.4, 0.5) is 5.69 Å². The van der Waals surface area contributed by atoms with E-state index in [0.29, 0.717) is 33.2 Å². The zero-order valence-corrected chi connectivity index (χ0v) is 17.6. The first kappa shape index (κ1) is 20.0. The number of ether oxygens (including phenoxy) is 1. The summed E-state index contributed by atoms with van der Waals surface area (Å²) in [7, 11) is 1.55. The third-order valence-electron chi connectivity index (χ3n) is 4.96. The first-order chi connectivity index (χ1) is 14.6. The number of amides is 2. The quantitative estimate of drug-likeness (QED) is 0.501. The number of anilines is 1. The van der Waals surface area contributed by atoms with Gasteiger partial charge in [-0.15, -0.1) is 11.8 Å². The molecule has 2 aromatic carbocycles. The van der Waals surface area contributed by atoms with Crippen molar-refractivity contribution in [2.45, 2.75) is 19.1 Å². The Labute approximate surface area is 179 Å². The number of carbonyl (C=O) groups is 2. The van der Waals surface area contributed by atoms with Gasteiger partial charge in [0.2, 0.25) is 0 Å². The topological polar surface area (TPSA) is 59.8 Å². The van der Waals surface area contributed by atoms with Crippen LogP contribution in [0, 0.1) is 0 Å². The van der Waals surface area contributed by atoms with Gasteiger partial charge in [-0.2, -0.15) is 0 Å². The van der Waals surface area contributed by atoms with Crippen molar-refractivity contribution < 1.29 is 18.7 Å². The fourth-order valence-electron chi connectivity index (χ4n) is 3.39. The van der Waals surface area contributed by atoms with Crippen molar-refractivity contribution >= 4 is 34.8 Å². The summed E-state index contributed by atoms with van der Waals surface area (Å²) in [6.45, 7) is 2.06. The summed E-state index contributed by atoms with van der Waals surface area (Å²) in [5, 5.41) is 0. The molecule has 1 aliphatic rings. The van der Waals surface area contributed by atoms with Crippen LogP contribution in [0.3, 0.4) is 0 Å². The number of aryl methyl sites for hydroxylation is 1. The third kappa shape index (κ3) is 3.66. The van der Waals surface area contributed by atoms with E-state index in [1.54, 1.807) is 31.6 Å². The molecule has 1 aliphatic heterocycles.